The fourth-order valence-electron chi connectivity index (χ4n) is 2.43. The zero-order valence-corrected chi connectivity index (χ0v) is 14.0. The first-order chi connectivity index (χ1) is 10.0. The van der Waals surface area contributed by atoms with Crippen LogP contribution in [0.2, 0.25) is 0 Å². The van der Waals surface area contributed by atoms with E-state index in [9.17, 15) is 4.79 Å². The van der Waals surface area contributed by atoms with Crippen LogP contribution in [0.15, 0.2) is 0 Å². The van der Waals surface area contributed by atoms with Gasteiger partial charge in [-0.1, -0.05) is 25.2 Å². The van der Waals surface area contributed by atoms with Crippen molar-refractivity contribution in [1.82, 2.24) is 4.98 Å². The standard InChI is InChI=1S/C15H24N2O3S/c1-5-20-14(18)13-12(10(2)3)16-15(21-13)17(4)11-6-8-19-9-7-11/h10-11H,5-9H2,1-4H3. The number of anilines is 1. The molecule has 118 valence electrons. The molecule has 0 saturated carbocycles. The fraction of sp³-hybridized carbons (Fsp3) is 0.733. The van der Waals surface area contributed by atoms with Gasteiger partial charge in [-0.3, -0.25) is 0 Å². The van der Waals surface area contributed by atoms with Crippen molar-refractivity contribution in [1.29, 1.82) is 0 Å². The molecule has 1 saturated heterocycles. The smallest absolute Gasteiger partial charge is 0.350 e. The lowest BCUT2D eigenvalue weighted by Gasteiger charge is -2.30. The SMILES string of the molecule is CCOC(=O)c1sc(N(C)C2CCOCC2)nc1C(C)C. The van der Waals surface area contributed by atoms with Gasteiger partial charge in [0.25, 0.3) is 0 Å². The number of aromatic nitrogens is 1. The normalized spacial score (nSPS) is 16.2. The average Bonchev–Trinajstić information content (AvgIpc) is 2.93. The van der Waals surface area contributed by atoms with Gasteiger partial charge in [0, 0.05) is 26.3 Å². The first-order valence-corrected chi connectivity index (χ1v) is 8.34. The predicted molar refractivity (Wildman–Crippen MR) is 84.4 cm³/mol. The molecule has 1 aromatic heterocycles. The van der Waals surface area contributed by atoms with Gasteiger partial charge in [-0.2, -0.15) is 0 Å². The minimum Gasteiger partial charge on any atom is -0.462 e. The van der Waals surface area contributed by atoms with Gasteiger partial charge in [-0.15, -0.1) is 0 Å². The van der Waals surface area contributed by atoms with E-state index in [1.54, 1.807) is 0 Å². The van der Waals surface area contributed by atoms with Gasteiger partial charge >= 0.3 is 5.97 Å². The largest absolute Gasteiger partial charge is 0.462 e. The molecular weight excluding hydrogens is 288 g/mol. The van der Waals surface area contributed by atoms with E-state index in [0.29, 0.717) is 17.5 Å². The van der Waals surface area contributed by atoms with E-state index in [4.69, 9.17) is 14.5 Å². The molecule has 2 rings (SSSR count). The van der Waals surface area contributed by atoms with E-state index in [1.165, 1.54) is 11.3 Å². The quantitative estimate of drug-likeness (QED) is 0.782. The number of carbonyl (C=O) groups is 1. The van der Waals surface area contributed by atoms with Crippen molar-refractivity contribution in [2.45, 2.75) is 45.6 Å². The van der Waals surface area contributed by atoms with Gasteiger partial charge in [0.15, 0.2) is 5.13 Å². The zero-order chi connectivity index (χ0) is 15.4. The van der Waals surface area contributed by atoms with E-state index in [1.807, 2.05) is 14.0 Å². The van der Waals surface area contributed by atoms with E-state index in [2.05, 4.69) is 18.7 Å². The number of nitrogens with zero attached hydrogens (tertiary/aromatic N) is 2. The van der Waals surface area contributed by atoms with E-state index >= 15 is 0 Å². The van der Waals surface area contributed by atoms with Crippen LogP contribution in [0.1, 0.15) is 54.9 Å². The fourth-order valence-corrected chi connectivity index (χ4v) is 3.58. The Kier molecular flexibility index (Phi) is 5.58. The molecule has 1 aromatic rings. The van der Waals surface area contributed by atoms with Crippen LogP contribution in [0.4, 0.5) is 5.13 Å². The summed E-state index contributed by atoms with van der Waals surface area (Å²) in [6.45, 7) is 7.90. The third kappa shape index (κ3) is 3.74. The molecule has 0 N–H and O–H groups in total. The monoisotopic (exact) mass is 312 g/mol. The number of hydrogen-bond acceptors (Lipinski definition) is 6. The highest BCUT2D eigenvalue weighted by atomic mass is 32.1. The Balaban J connectivity index is 2.23. The average molecular weight is 312 g/mol. The number of rotatable bonds is 5. The summed E-state index contributed by atoms with van der Waals surface area (Å²) in [5, 5.41) is 0.897. The Morgan fingerprint density at radius 3 is 2.71 bits per heavy atom. The summed E-state index contributed by atoms with van der Waals surface area (Å²) in [4.78, 5) is 19.6. The molecule has 0 amide bonds. The van der Waals surface area contributed by atoms with E-state index in [-0.39, 0.29) is 11.9 Å². The molecule has 6 heteroatoms. The summed E-state index contributed by atoms with van der Waals surface area (Å²) in [6, 6.07) is 0.431. The topological polar surface area (TPSA) is 51.7 Å². The van der Waals surface area contributed by atoms with Crippen LogP contribution in [0.3, 0.4) is 0 Å². The first kappa shape index (κ1) is 16.2. The van der Waals surface area contributed by atoms with Crippen LogP contribution in [0, 0.1) is 0 Å². The van der Waals surface area contributed by atoms with Crippen LogP contribution in [0.25, 0.3) is 0 Å². The Labute approximate surface area is 130 Å². The van der Waals surface area contributed by atoms with Gasteiger partial charge in [-0.05, 0) is 25.7 Å². The minimum absolute atomic E-state index is 0.206. The number of ether oxygens (including phenoxy) is 2. The second-order valence-corrected chi connectivity index (χ2v) is 6.52. The van der Waals surface area contributed by atoms with Gasteiger partial charge in [0.2, 0.25) is 0 Å². The van der Waals surface area contributed by atoms with E-state index < -0.39 is 0 Å². The van der Waals surface area contributed by atoms with Crippen LogP contribution in [-0.4, -0.2) is 43.9 Å². The highest BCUT2D eigenvalue weighted by molar-refractivity contribution is 7.17. The molecule has 5 nitrogen and oxygen atoms in total. The lowest BCUT2D eigenvalue weighted by molar-refractivity contribution is 0.0530. The maximum atomic E-state index is 12.1. The van der Waals surface area contributed by atoms with Crippen LogP contribution >= 0.6 is 11.3 Å². The van der Waals surface area contributed by atoms with Crippen LogP contribution in [-0.2, 0) is 9.47 Å². The lowest BCUT2D eigenvalue weighted by atomic mass is 10.1. The van der Waals surface area contributed by atoms with Gasteiger partial charge < -0.3 is 14.4 Å². The molecule has 0 aliphatic carbocycles. The van der Waals surface area contributed by atoms with Gasteiger partial charge in [0.1, 0.15) is 4.88 Å². The molecule has 1 aliphatic rings. The molecule has 1 fully saturated rings. The molecule has 21 heavy (non-hydrogen) atoms. The second kappa shape index (κ2) is 7.22. The number of hydrogen-bond donors (Lipinski definition) is 0. The van der Waals surface area contributed by atoms with Crippen LogP contribution < -0.4 is 4.90 Å². The number of esters is 1. The minimum atomic E-state index is -0.259. The Morgan fingerprint density at radius 1 is 1.48 bits per heavy atom. The maximum Gasteiger partial charge on any atom is 0.350 e. The summed E-state index contributed by atoms with van der Waals surface area (Å²) in [5.41, 5.74) is 0.840. The lowest BCUT2D eigenvalue weighted by Crippen LogP contribution is -2.36. The molecule has 0 spiro atoms. The molecule has 0 atom stereocenters. The second-order valence-electron chi connectivity index (χ2n) is 5.54. The van der Waals surface area contributed by atoms with Crippen molar-refractivity contribution in [2.75, 3.05) is 31.8 Å². The zero-order valence-electron chi connectivity index (χ0n) is 13.2. The highest BCUT2D eigenvalue weighted by Gasteiger charge is 2.26. The summed E-state index contributed by atoms with van der Waals surface area (Å²) in [5.74, 6) is -0.0529. The Morgan fingerprint density at radius 2 is 2.14 bits per heavy atom. The van der Waals surface area contributed by atoms with Crippen molar-refractivity contribution in [3.05, 3.63) is 10.6 Å². The van der Waals surface area contributed by atoms with Gasteiger partial charge in [0.05, 0.1) is 12.3 Å². The van der Waals surface area contributed by atoms with Crippen molar-refractivity contribution in [2.24, 2.45) is 0 Å². The van der Waals surface area contributed by atoms with Gasteiger partial charge in [-0.25, -0.2) is 9.78 Å². The van der Waals surface area contributed by atoms with Crippen molar-refractivity contribution in [3.63, 3.8) is 0 Å². The van der Waals surface area contributed by atoms with Crippen molar-refractivity contribution < 1.29 is 14.3 Å². The molecular formula is C15H24N2O3S. The third-order valence-corrected chi connectivity index (χ3v) is 4.83. The number of thiazole rings is 1. The van der Waals surface area contributed by atoms with E-state index in [0.717, 1.165) is 36.9 Å². The van der Waals surface area contributed by atoms with Crippen LogP contribution in [0.5, 0.6) is 0 Å². The number of carbonyl (C=O) groups excluding carboxylic acids is 1. The van der Waals surface area contributed by atoms with Crippen molar-refractivity contribution in [3.8, 4) is 0 Å². The molecule has 0 unspecified atom stereocenters. The summed E-state index contributed by atoms with van der Waals surface area (Å²) in [7, 11) is 2.05. The predicted octanol–water partition coefficient (Wildman–Crippen LogP) is 3.06. The first-order valence-electron chi connectivity index (χ1n) is 7.53. The summed E-state index contributed by atoms with van der Waals surface area (Å²) in [6.07, 6.45) is 2.00. The molecule has 0 bridgehead atoms. The summed E-state index contributed by atoms with van der Waals surface area (Å²) >= 11 is 1.44. The molecule has 2 heterocycles. The third-order valence-electron chi connectivity index (χ3n) is 3.69. The molecule has 1 aliphatic heterocycles. The maximum absolute atomic E-state index is 12.1. The summed E-state index contributed by atoms with van der Waals surface area (Å²) < 4.78 is 10.6. The molecule has 0 radical (unpaired) electrons. The Bertz CT molecular complexity index is 481. The van der Waals surface area contributed by atoms with Crippen molar-refractivity contribution >= 4 is 22.4 Å². The Hall–Kier alpha value is -1.14. The highest BCUT2D eigenvalue weighted by Crippen LogP contribution is 2.33. The molecule has 0 aromatic carbocycles.